The van der Waals surface area contributed by atoms with Gasteiger partial charge in [-0.25, -0.2) is 4.39 Å². The molecule has 0 atom stereocenters. The third-order valence-electron chi connectivity index (χ3n) is 2.84. The van der Waals surface area contributed by atoms with E-state index in [1.54, 1.807) is 19.1 Å². The molecule has 0 saturated carbocycles. The summed E-state index contributed by atoms with van der Waals surface area (Å²) in [5.41, 5.74) is 6.90. The van der Waals surface area contributed by atoms with Gasteiger partial charge in [-0.05, 0) is 24.8 Å². The maximum absolute atomic E-state index is 13.9. The first-order chi connectivity index (χ1) is 9.60. The second-order valence-corrected chi connectivity index (χ2v) is 4.92. The highest BCUT2D eigenvalue weighted by Gasteiger charge is 2.16. The second kappa shape index (κ2) is 4.71. The molecule has 2 heterocycles. The van der Waals surface area contributed by atoms with E-state index in [0.29, 0.717) is 16.5 Å². The van der Waals surface area contributed by atoms with Crippen LogP contribution in [0.25, 0.3) is 17.2 Å². The molecular formula is C12H11FN6S. The van der Waals surface area contributed by atoms with Crippen molar-refractivity contribution in [2.24, 2.45) is 0 Å². The topological polar surface area (TPSA) is 82.0 Å². The fourth-order valence-corrected chi connectivity index (χ4v) is 2.26. The van der Waals surface area contributed by atoms with Crippen LogP contribution in [0, 0.1) is 12.7 Å². The van der Waals surface area contributed by atoms with Crippen LogP contribution in [0.15, 0.2) is 23.4 Å². The van der Waals surface area contributed by atoms with Crippen molar-refractivity contribution in [3.63, 3.8) is 0 Å². The molecule has 3 aromatic rings. The number of aromatic nitrogens is 5. The van der Waals surface area contributed by atoms with E-state index in [0.717, 1.165) is 5.56 Å². The minimum atomic E-state index is -0.377. The molecule has 0 aliphatic heterocycles. The third kappa shape index (κ3) is 1.97. The van der Waals surface area contributed by atoms with Gasteiger partial charge in [-0.3, -0.25) is 0 Å². The Morgan fingerprint density at radius 3 is 2.75 bits per heavy atom. The quantitative estimate of drug-likeness (QED) is 0.726. The van der Waals surface area contributed by atoms with Gasteiger partial charge >= 0.3 is 0 Å². The van der Waals surface area contributed by atoms with Crippen LogP contribution < -0.4 is 5.73 Å². The van der Waals surface area contributed by atoms with Gasteiger partial charge in [0, 0.05) is 0 Å². The maximum Gasteiger partial charge on any atom is 0.258 e. The number of halogens is 1. The SMILES string of the molecule is CSc1nc(N)n2nc(-c3c(C)cccc3F)nc2n1. The molecule has 102 valence electrons. The number of hydrogen-bond donors (Lipinski definition) is 1. The molecule has 1 aromatic carbocycles. The number of aryl methyl sites for hydroxylation is 1. The molecule has 3 rings (SSSR count). The molecule has 20 heavy (non-hydrogen) atoms. The van der Waals surface area contributed by atoms with Crippen LogP contribution in [0.4, 0.5) is 10.3 Å². The van der Waals surface area contributed by atoms with E-state index >= 15 is 0 Å². The van der Waals surface area contributed by atoms with Crippen LogP contribution in [0.2, 0.25) is 0 Å². The Morgan fingerprint density at radius 2 is 2.05 bits per heavy atom. The van der Waals surface area contributed by atoms with Gasteiger partial charge in [-0.2, -0.15) is 19.5 Å². The van der Waals surface area contributed by atoms with Gasteiger partial charge in [0.15, 0.2) is 11.0 Å². The number of rotatable bonds is 2. The van der Waals surface area contributed by atoms with Gasteiger partial charge in [-0.15, -0.1) is 5.10 Å². The number of anilines is 1. The summed E-state index contributed by atoms with van der Waals surface area (Å²) in [5.74, 6) is 0.351. The number of fused-ring (bicyclic) bond motifs is 1. The maximum atomic E-state index is 13.9. The number of nitrogen functional groups attached to an aromatic ring is 1. The van der Waals surface area contributed by atoms with E-state index in [-0.39, 0.29) is 17.6 Å². The standard InChI is InChI=1S/C12H11FN6S/c1-6-4-3-5-7(13)8(6)9-15-11-17-12(20-2)16-10(14)19(11)18-9/h3-5H,1-2H3,(H2,14,15,16,17,18). The lowest BCUT2D eigenvalue weighted by Gasteiger charge is -2.01. The molecular weight excluding hydrogens is 279 g/mol. The molecule has 0 saturated heterocycles. The van der Waals surface area contributed by atoms with E-state index < -0.39 is 0 Å². The van der Waals surface area contributed by atoms with Gasteiger partial charge in [0.25, 0.3) is 5.78 Å². The summed E-state index contributed by atoms with van der Waals surface area (Å²) in [6, 6.07) is 4.81. The van der Waals surface area contributed by atoms with Crippen LogP contribution in [0.1, 0.15) is 5.56 Å². The van der Waals surface area contributed by atoms with E-state index in [1.165, 1.54) is 22.3 Å². The highest BCUT2D eigenvalue weighted by molar-refractivity contribution is 7.98. The summed E-state index contributed by atoms with van der Waals surface area (Å²) in [5, 5.41) is 4.69. The van der Waals surface area contributed by atoms with Crippen molar-refractivity contribution in [3.8, 4) is 11.4 Å². The summed E-state index contributed by atoms with van der Waals surface area (Å²) in [6.45, 7) is 1.80. The van der Waals surface area contributed by atoms with Gasteiger partial charge in [0.2, 0.25) is 5.95 Å². The monoisotopic (exact) mass is 290 g/mol. The molecule has 0 radical (unpaired) electrons. The Bertz CT molecular complexity index is 780. The van der Waals surface area contributed by atoms with Gasteiger partial charge < -0.3 is 5.73 Å². The predicted molar refractivity (Wildman–Crippen MR) is 74.9 cm³/mol. The highest BCUT2D eigenvalue weighted by Crippen LogP contribution is 2.24. The van der Waals surface area contributed by atoms with E-state index in [1.807, 2.05) is 6.26 Å². The Hall–Kier alpha value is -2.22. The molecule has 0 spiro atoms. The van der Waals surface area contributed by atoms with Crippen LogP contribution in [0.3, 0.4) is 0 Å². The number of thioether (sulfide) groups is 1. The Morgan fingerprint density at radius 1 is 1.25 bits per heavy atom. The van der Waals surface area contributed by atoms with E-state index in [2.05, 4.69) is 20.1 Å². The molecule has 0 fully saturated rings. The van der Waals surface area contributed by atoms with Crippen LogP contribution in [-0.4, -0.2) is 30.8 Å². The molecule has 8 heteroatoms. The number of nitrogens with zero attached hydrogens (tertiary/aromatic N) is 5. The molecule has 6 nitrogen and oxygen atoms in total. The highest BCUT2D eigenvalue weighted by atomic mass is 32.2. The van der Waals surface area contributed by atoms with Gasteiger partial charge in [0.05, 0.1) is 5.56 Å². The van der Waals surface area contributed by atoms with Crippen LogP contribution in [0.5, 0.6) is 0 Å². The zero-order valence-electron chi connectivity index (χ0n) is 10.8. The number of benzene rings is 1. The molecule has 0 unspecified atom stereocenters. The lowest BCUT2D eigenvalue weighted by molar-refractivity contribution is 0.629. The number of hydrogen-bond acceptors (Lipinski definition) is 6. The Balaban J connectivity index is 2.26. The van der Waals surface area contributed by atoms with Crippen molar-refractivity contribution in [2.45, 2.75) is 12.1 Å². The lowest BCUT2D eigenvalue weighted by Crippen LogP contribution is -2.04. The first kappa shape index (κ1) is 12.8. The Labute approximate surface area is 118 Å². The zero-order valence-corrected chi connectivity index (χ0v) is 11.6. The van der Waals surface area contributed by atoms with Crippen molar-refractivity contribution >= 4 is 23.5 Å². The van der Waals surface area contributed by atoms with Crippen molar-refractivity contribution in [1.82, 2.24) is 24.6 Å². The largest absolute Gasteiger partial charge is 0.368 e. The molecule has 0 aliphatic rings. The van der Waals surface area contributed by atoms with Gasteiger partial charge in [-0.1, -0.05) is 23.9 Å². The van der Waals surface area contributed by atoms with Crippen molar-refractivity contribution in [2.75, 3.05) is 12.0 Å². The second-order valence-electron chi connectivity index (χ2n) is 4.15. The summed E-state index contributed by atoms with van der Waals surface area (Å²) < 4.78 is 15.3. The van der Waals surface area contributed by atoms with E-state index in [9.17, 15) is 4.39 Å². The summed E-state index contributed by atoms with van der Waals surface area (Å²) in [4.78, 5) is 12.5. The average molecular weight is 290 g/mol. The van der Waals surface area contributed by atoms with Gasteiger partial charge in [0.1, 0.15) is 5.82 Å². The molecule has 2 N–H and O–H groups in total. The molecule has 2 aromatic heterocycles. The molecule has 0 aliphatic carbocycles. The first-order valence-electron chi connectivity index (χ1n) is 5.80. The first-order valence-corrected chi connectivity index (χ1v) is 7.02. The normalized spacial score (nSPS) is 11.2. The van der Waals surface area contributed by atoms with E-state index in [4.69, 9.17) is 5.73 Å². The minimum absolute atomic E-state index is 0.173. The number of nitrogens with two attached hydrogens (primary N) is 1. The lowest BCUT2D eigenvalue weighted by atomic mass is 10.1. The summed E-state index contributed by atoms with van der Waals surface area (Å²) in [6.07, 6.45) is 1.84. The third-order valence-corrected chi connectivity index (χ3v) is 3.39. The average Bonchev–Trinajstić information content (AvgIpc) is 2.82. The predicted octanol–water partition coefficient (Wildman–Crippen LogP) is 1.94. The minimum Gasteiger partial charge on any atom is -0.368 e. The van der Waals surface area contributed by atoms with Crippen molar-refractivity contribution < 1.29 is 4.39 Å². The van der Waals surface area contributed by atoms with Crippen molar-refractivity contribution in [3.05, 3.63) is 29.6 Å². The zero-order chi connectivity index (χ0) is 14.3. The smallest absolute Gasteiger partial charge is 0.258 e. The Kier molecular flexibility index (Phi) is 3.01. The fourth-order valence-electron chi connectivity index (χ4n) is 1.90. The summed E-state index contributed by atoms with van der Waals surface area (Å²) >= 11 is 1.35. The fraction of sp³-hybridized carbons (Fsp3) is 0.167. The van der Waals surface area contributed by atoms with Crippen LogP contribution >= 0.6 is 11.8 Å². The van der Waals surface area contributed by atoms with Crippen molar-refractivity contribution in [1.29, 1.82) is 0 Å². The molecule has 0 amide bonds. The summed E-state index contributed by atoms with van der Waals surface area (Å²) in [7, 11) is 0. The van der Waals surface area contributed by atoms with Crippen LogP contribution in [-0.2, 0) is 0 Å². The molecule has 0 bridgehead atoms.